The molecule has 10 heteroatoms. The van der Waals surface area contributed by atoms with Gasteiger partial charge in [0.15, 0.2) is 5.76 Å². The lowest BCUT2D eigenvalue weighted by molar-refractivity contribution is -0.117. The molecule has 0 spiro atoms. The number of allylic oxidation sites excluding steroid dienone is 1. The Morgan fingerprint density at radius 3 is 2.65 bits per heavy atom. The normalized spacial score (nSPS) is 14.6. The summed E-state index contributed by atoms with van der Waals surface area (Å²) in [4.78, 5) is 17.2. The first-order valence-corrected chi connectivity index (χ1v) is 12.1. The quantitative estimate of drug-likeness (QED) is 0.0694. The van der Waals surface area contributed by atoms with Crippen LogP contribution in [0.15, 0.2) is 51.4 Å². The Labute approximate surface area is 194 Å². The minimum atomic E-state index is -0.545. The van der Waals surface area contributed by atoms with Crippen molar-refractivity contribution in [1.29, 1.82) is 5.41 Å². The molecule has 0 saturated heterocycles. The van der Waals surface area contributed by atoms with E-state index in [1.165, 1.54) is 11.3 Å². The van der Waals surface area contributed by atoms with Gasteiger partial charge < -0.3 is 21.9 Å². The van der Waals surface area contributed by atoms with E-state index in [4.69, 9.17) is 16.9 Å². The van der Waals surface area contributed by atoms with E-state index in [1.54, 1.807) is 41.3 Å². The molecule has 0 aliphatic heterocycles. The molecule has 1 heterocycles. The molecule has 1 saturated carbocycles. The van der Waals surface area contributed by atoms with Crippen molar-refractivity contribution in [2.75, 3.05) is 18.5 Å². The number of aliphatic hydroxyl groups excluding tert-OH is 1. The molecular formula is C21H28N5O2PS2. The van der Waals surface area contributed by atoms with Gasteiger partial charge in [0.05, 0.1) is 5.69 Å². The predicted molar refractivity (Wildman–Crippen MR) is 138 cm³/mol. The van der Waals surface area contributed by atoms with Crippen LogP contribution in [0.2, 0.25) is 0 Å². The summed E-state index contributed by atoms with van der Waals surface area (Å²) in [5.74, 6) is -0.775. The molecular weight excluding hydrogens is 449 g/mol. The van der Waals surface area contributed by atoms with Gasteiger partial charge in [-0.1, -0.05) is 6.42 Å². The number of nitrogens with one attached hydrogen (secondary N) is 2. The number of benzene rings is 1. The molecule has 2 aromatic rings. The molecule has 31 heavy (non-hydrogen) atoms. The highest BCUT2D eigenvalue weighted by molar-refractivity contribution is 7.79. The number of amides is 1. The first-order valence-electron chi connectivity index (χ1n) is 9.64. The molecule has 1 atom stereocenters. The Balaban J connectivity index is 0.00000166. The third-order valence-electron chi connectivity index (χ3n) is 4.84. The number of nitrogen functional groups attached to an aromatic ring is 1. The fourth-order valence-electron chi connectivity index (χ4n) is 2.90. The fourth-order valence-corrected chi connectivity index (χ4v) is 3.90. The van der Waals surface area contributed by atoms with Crippen LogP contribution in [0.4, 0.5) is 11.4 Å². The number of nitrogens with zero attached hydrogens (tertiary/aromatic N) is 1. The lowest BCUT2D eigenvalue weighted by Gasteiger charge is -2.25. The zero-order valence-electron chi connectivity index (χ0n) is 17.3. The molecule has 0 bridgehead atoms. The lowest BCUT2D eigenvalue weighted by atomic mass is 9.85. The molecule has 0 radical (unpaired) electrons. The van der Waals surface area contributed by atoms with Crippen molar-refractivity contribution in [2.45, 2.75) is 19.3 Å². The lowest BCUT2D eigenvalue weighted by Crippen LogP contribution is -2.37. The Morgan fingerprint density at radius 2 is 2.10 bits per heavy atom. The van der Waals surface area contributed by atoms with Gasteiger partial charge in [-0.3, -0.25) is 10.2 Å². The van der Waals surface area contributed by atoms with Gasteiger partial charge in [0.25, 0.3) is 5.91 Å². The van der Waals surface area contributed by atoms with E-state index in [-0.39, 0.29) is 17.1 Å². The number of carbonyl (C=O) groups is 1. The summed E-state index contributed by atoms with van der Waals surface area (Å²) in [6.45, 7) is 0.505. The van der Waals surface area contributed by atoms with Gasteiger partial charge in [-0.05, 0) is 60.0 Å². The zero-order valence-corrected chi connectivity index (χ0v) is 20.1. The van der Waals surface area contributed by atoms with Crippen molar-refractivity contribution < 1.29 is 9.90 Å². The number of aliphatic hydroxyl groups is 1. The molecule has 1 aromatic carbocycles. The molecule has 1 unspecified atom stereocenters. The van der Waals surface area contributed by atoms with E-state index in [2.05, 4.69) is 32.2 Å². The topological polar surface area (TPSA) is 138 Å². The maximum atomic E-state index is 12.9. The number of aliphatic imine (C=N–C) groups is 1. The van der Waals surface area contributed by atoms with Gasteiger partial charge >= 0.3 is 0 Å². The van der Waals surface area contributed by atoms with Crippen LogP contribution in [-0.4, -0.2) is 35.4 Å². The van der Waals surface area contributed by atoms with Gasteiger partial charge in [-0.15, -0.1) is 9.24 Å². The van der Waals surface area contributed by atoms with Crippen molar-refractivity contribution >= 4 is 67.3 Å². The van der Waals surface area contributed by atoms with Crippen molar-refractivity contribution in [2.24, 2.45) is 16.6 Å². The minimum absolute atomic E-state index is 0.165. The van der Waals surface area contributed by atoms with Crippen LogP contribution in [0.25, 0.3) is 0 Å². The molecule has 1 fully saturated rings. The van der Waals surface area contributed by atoms with Gasteiger partial charge in [0, 0.05) is 23.2 Å². The Hall–Kier alpha value is -2.35. The average Bonchev–Trinajstić information content (AvgIpc) is 3.25. The van der Waals surface area contributed by atoms with E-state index in [9.17, 15) is 9.90 Å². The minimum Gasteiger partial charge on any atom is -0.505 e. The summed E-state index contributed by atoms with van der Waals surface area (Å²) in [6.07, 6.45) is 5.00. The van der Waals surface area contributed by atoms with E-state index in [1.807, 2.05) is 0 Å². The van der Waals surface area contributed by atoms with Gasteiger partial charge in [0.1, 0.15) is 17.1 Å². The number of hydrogen-bond acceptors (Lipinski definition) is 7. The van der Waals surface area contributed by atoms with Crippen LogP contribution in [-0.2, 0) is 4.79 Å². The third-order valence-corrected chi connectivity index (χ3v) is 5.98. The van der Waals surface area contributed by atoms with Crippen LogP contribution < -0.4 is 22.1 Å². The molecule has 1 amide bonds. The molecule has 1 aromatic heterocycles. The van der Waals surface area contributed by atoms with E-state index in [0.29, 0.717) is 34.7 Å². The van der Waals surface area contributed by atoms with Crippen LogP contribution >= 0.6 is 33.2 Å². The van der Waals surface area contributed by atoms with Crippen LogP contribution in [0.3, 0.4) is 0 Å². The SMILES string of the molecule is CS.N=C(/C(O)=C(\C(=O)NCC1CCC1)C(N)=Nc1ccc(N)cc1P)c1ccsc1. The number of nitrogens with two attached hydrogens (primary N) is 2. The van der Waals surface area contributed by atoms with Crippen molar-refractivity contribution in [1.82, 2.24) is 5.32 Å². The number of hydrogen-bond donors (Lipinski definition) is 6. The molecule has 1 aliphatic rings. The standard InChI is InChI=1S/C20H24N5O2PS.CH4S/c21-13-4-5-14(15(28)8-13)25-19(23)16(20(27)24-9-11-2-1-3-11)18(26)17(22)12-6-7-29-10-12;1-2/h4-8,10-11,22,26H,1-3,9,21,28H2,(H2,23,25)(H,24,27);2H,1H3/b18-16+,22-17?;. The fraction of sp³-hybridized carbons (Fsp3) is 0.286. The summed E-state index contributed by atoms with van der Waals surface area (Å²) < 4.78 is 0. The maximum absolute atomic E-state index is 12.9. The van der Waals surface area contributed by atoms with Crippen molar-refractivity contribution in [3.63, 3.8) is 0 Å². The molecule has 1 aliphatic carbocycles. The monoisotopic (exact) mass is 477 g/mol. The molecule has 7 nitrogen and oxygen atoms in total. The average molecular weight is 478 g/mol. The van der Waals surface area contributed by atoms with Crippen LogP contribution in [0.1, 0.15) is 24.8 Å². The second-order valence-electron chi connectivity index (χ2n) is 6.93. The highest BCUT2D eigenvalue weighted by Crippen LogP contribution is 2.25. The van der Waals surface area contributed by atoms with Gasteiger partial charge in [0.2, 0.25) is 0 Å². The first-order chi connectivity index (χ1) is 14.9. The van der Waals surface area contributed by atoms with Gasteiger partial charge in [-0.2, -0.15) is 24.0 Å². The Morgan fingerprint density at radius 1 is 1.39 bits per heavy atom. The van der Waals surface area contributed by atoms with Crippen LogP contribution in [0, 0.1) is 11.3 Å². The molecule has 166 valence electrons. The summed E-state index contributed by atoms with van der Waals surface area (Å²) in [7, 11) is 2.51. The number of thiophene rings is 1. The number of anilines is 1. The second-order valence-corrected chi connectivity index (χ2v) is 8.33. The van der Waals surface area contributed by atoms with E-state index >= 15 is 0 Å². The Bertz CT molecular complexity index is 986. The zero-order chi connectivity index (χ0) is 23.0. The van der Waals surface area contributed by atoms with E-state index in [0.717, 1.165) is 19.3 Å². The Kier molecular flexibility index (Phi) is 9.55. The molecule has 7 N–H and O–H groups in total. The predicted octanol–water partition coefficient (Wildman–Crippen LogP) is 3.16. The summed E-state index contributed by atoms with van der Waals surface area (Å²) in [6, 6.07) is 6.76. The molecule has 3 rings (SSSR count). The highest BCUT2D eigenvalue weighted by atomic mass is 32.1. The number of carbonyl (C=O) groups excluding carboxylic acids is 1. The summed E-state index contributed by atoms with van der Waals surface area (Å²) >= 11 is 4.92. The second kappa shape index (κ2) is 11.9. The summed E-state index contributed by atoms with van der Waals surface area (Å²) in [5.41, 5.74) is 13.1. The number of amidine groups is 1. The largest absolute Gasteiger partial charge is 0.505 e. The smallest absolute Gasteiger partial charge is 0.258 e. The van der Waals surface area contributed by atoms with Crippen LogP contribution in [0.5, 0.6) is 0 Å². The summed E-state index contributed by atoms with van der Waals surface area (Å²) in [5, 5.41) is 26.0. The number of rotatable bonds is 7. The number of thiol groups is 1. The third kappa shape index (κ3) is 6.56. The van der Waals surface area contributed by atoms with Gasteiger partial charge in [-0.25, -0.2) is 4.99 Å². The highest BCUT2D eigenvalue weighted by Gasteiger charge is 2.25. The maximum Gasteiger partial charge on any atom is 0.258 e. The van der Waals surface area contributed by atoms with E-state index < -0.39 is 11.7 Å². The first kappa shape index (κ1) is 24.9. The van der Waals surface area contributed by atoms with Crippen molar-refractivity contribution in [3.8, 4) is 0 Å². The van der Waals surface area contributed by atoms with Crippen molar-refractivity contribution in [3.05, 3.63) is 51.9 Å².